The van der Waals surface area contributed by atoms with Crippen molar-refractivity contribution in [3.05, 3.63) is 59.9 Å². The molecule has 2 aromatic rings. The van der Waals surface area contributed by atoms with E-state index in [1.54, 1.807) is 6.07 Å². The maximum absolute atomic E-state index is 13.9. The zero-order chi connectivity index (χ0) is 13.5. The molecule has 0 fully saturated rings. The normalized spacial score (nSPS) is 16.1. The maximum Gasteiger partial charge on any atom is 0.206 e. The predicted octanol–water partition coefficient (Wildman–Crippen LogP) is 3.02. The van der Waals surface area contributed by atoms with Gasteiger partial charge in [0.15, 0.2) is 0 Å². The molecule has 4 rings (SSSR count). The fourth-order valence-electron chi connectivity index (χ4n) is 2.88. The largest absolute Gasteiger partial charge is 0.308 e. The number of para-hydroxylation sites is 2. The molecule has 0 N–H and O–H groups in total. The van der Waals surface area contributed by atoms with E-state index in [4.69, 9.17) is 0 Å². The van der Waals surface area contributed by atoms with Gasteiger partial charge >= 0.3 is 0 Å². The van der Waals surface area contributed by atoms with Gasteiger partial charge in [-0.3, -0.25) is 4.99 Å². The summed E-state index contributed by atoms with van der Waals surface area (Å²) >= 11 is 0. The van der Waals surface area contributed by atoms with Crippen molar-refractivity contribution >= 4 is 17.3 Å². The number of rotatable bonds is 2. The fourth-order valence-corrected chi connectivity index (χ4v) is 2.88. The number of anilines is 2. The molecule has 2 aliphatic rings. The van der Waals surface area contributed by atoms with Gasteiger partial charge in [0.1, 0.15) is 5.82 Å². The van der Waals surface area contributed by atoms with Gasteiger partial charge in [-0.25, -0.2) is 4.39 Å². The van der Waals surface area contributed by atoms with Gasteiger partial charge in [0.2, 0.25) is 5.96 Å². The molecule has 0 saturated heterocycles. The Balaban J connectivity index is 1.76. The van der Waals surface area contributed by atoms with E-state index in [0.29, 0.717) is 12.1 Å². The number of aliphatic imine (C=N–C) groups is 1. The van der Waals surface area contributed by atoms with Crippen LogP contribution in [-0.4, -0.2) is 19.0 Å². The molecule has 2 aliphatic heterocycles. The van der Waals surface area contributed by atoms with Crippen LogP contribution in [0.15, 0.2) is 53.5 Å². The van der Waals surface area contributed by atoms with E-state index in [2.05, 4.69) is 26.9 Å². The first kappa shape index (κ1) is 11.5. The Bertz CT molecular complexity index is 696. The third-order valence-electron chi connectivity index (χ3n) is 3.81. The van der Waals surface area contributed by atoms with Crippen LogP contribution in [0.2, 0.25) is 0 Å². The van der Waals surface area contributed by atoms with Gasteiger partial charge in [0, 0.05) is 12.1 Å². The molecule has 3 nitrogen and oxygen atoms in total. The molecule has 4 heteroatoms. The maximum atomic E-state index is 13.9. The number of hydrogen-bond acceptors (Lipinski definition) is 3. The van der Waals surface area contributed by atoms with Crippen molar-refractivity contribution in [1.82, 2.24) is 0 Å². The lowest BCUT2D eigenvalue weighted by atomic mass is 10.2. The van der Waals surface area contributed by atoms with E-state index >= 15 is 0 Å². The molecule has 0 spiro atoms. The summed E-state index contributed by atoms with van der Waals surface area (Å²) in [6.07, 6.45) is 0. The van der Waals surface area contributed by atoms with Crippen molar-refractivity contribution in [1.29, 1.82) is 0 Å². The number of fused-ring (bicyclic) bond motifs is 3. The first-order chi connectivity index (χ1) is 9.84. The summed E-state index contributed by atoms with van der Waals surface area (Å²) in [5.41, 5.74) is 2.97. The highest BCUT2D eigenvalue weighted by atomic mass is 19.1. The Labute approximate surface area is 117 Å². The van der Waals surface area contributed by atoms with Gasteiger partial charge in [-0.05, 0) is 18.2 Å². The molecule has 2 aromatic carbocycles. The quantitative estimate of drug-likeness (QED) is 0.833. The summed E-state index contributed by atoms with van der Waals surface area (Å²) in [7, 11) is 0. The first-order valence-electron chi connectivity index (χ1n) is 6.76. The Morgan fingerprint density at radius 2 is 1.75 bits per heavy atom. The number of nitrogens with zero attached hydrogens (tertiary/aromatic N) is 3. The second kappa shape index (κ2) is 4.34. The third kappa shape index (κ3) is 1.61. The zero-order valence-corrected chi connectivity index (χ0v) is 11.0. The highest BCUT2D eigenvalue weighted by Gasteiger charge is 2.35. The molecule has 0 aromatic heterocycles. The molecular weight excluding hydrogens is 253 g/mol. The Hall–Kier alpha value is -2.36. The van der Waals surface area contributed by atoms with E-state index in [1.165, 1.54) is 11.8 Å². The molecule has 0 bridgehead atoms. The standard InChI is InChI=1S/C16H14FN3/c17-13-6-2-1-5-12(13)11-20-15-8-4-3-7-14(15)19-10-9-18-16(19)20/h1-8H,9-11H2. The van der Waals surface area contributed by atoms with Crippen LogP contribution < -0.4 is 9.80 Å². The first-order valence-corrected chi connectivity index (χ1v) is 6.76. The number of benzene rings is 2. The summed E-state index contributed by atoms with van der Waals surface area (Å²) < 4.78 is 13.9. The summed E-state index contributed by atoms with van der Waals surface area (Å²) in [6.45, 7) is 2.22. The highest BCUT2D eigenvalue weighted by molar-refractivity contribution is 6.16. The van der Waals surface area contributed by atoms with Gasteiger partial charge < -0.3 is 9.80 Å². The van der Waals surface area contributed by atoms with Gasteiger partial charge in [-0.15, -0.1) is 0 Å². The Morgan fingerprint density at radius 1 is 1.00 bits per heavy atom. The van der Waals surface area contributed by atoms with E-state index in [0.717, 1.165) is 24.7 Å². The van der Waals surface area contributed by atoms with Gasteiger partial charge in [-0.1, -0.05) is 30.3 Å². The highest BCUT2D eigenvalue weighted by Crippen LogP contribution is 2.39. The minimum atomic E-state index is -0.165. The monoisotopic (exact) mass is 267 g/mol. The lowest BCUT2D eigenvalue weighted by Crippen LogP contribution is -2.35. The average Bonchev–Trinajstić information content (AvgIpc) is 3.04. The molecule has 0 amide bonds. The van der Waals surface area contributed by atoms with Gasteiger partial charge in [0.05, 0.1) is 24.5 Å². The molecular formula is C16H14FN3. The molecule has 20 heavy (non-hydrogen) atoms. The van der Waals surface area contributed by atoms with Crippen LogP contribution in [-0.2, 0) is 6.54 Å². The van der Waals surface area contributed by atoms with Crippen molar-refractivity contribution in [3.63, 3.8) is 0 Å². The summed E-state index contributed by atoms with van der Waals surface area (Å²) in [5, 5.41) is 0. The summed E-state index contributed by atoms with van der Waals surface area (Å²) in [6, 6.07) is 15.1. The Morgan fingerprint density at radius 3 is 2.60 bits per heavy atom. The van der Waals surface area contributed by atoms with E-state index in [9.17, 15) is 4.39 Å². The lowest BCUT2D eigenvalue weighted by Gasteiger charge is -2.19. The molecule has 0 aliphatic carbocycles. The fraction of sp³-hybridized carbons (Fsp3) is 0.188. The molecule has 0 unspecified atom stereocenters. The van der Waals surface area contributed by atoms with Crippen molar-refractivity contribution in [2.24, 2.45) is 4.99 Å². The molecule has 0 saturated carbocycles. The second-order valence-electron chi connectivity index (χ2n) is 5.00. The van der Waals surface area contributed by atoms with Crippen molar-refractivity contribution in [2.45, 2.75) is 6.54 Å². The molecule has 2 heterocycles. The van der Waals surface area contributed by atoms with Crippen LogP contribution in [0.25, 0.3) is 0 Å². The number of hydrogen-bond donors (Lipinski definition) is 0. The van der Waals surface area contributed by atoms with Crippen molar-refractivity contribution < 1.29 is 4.39 Å². The van der Waals surface area contributed by atoms with Gasteiger partial charge in [0.25, 0.3) is 0 Å². The Kier molecular flexibility index (Phi) is 2.49. The number of guanidine groups is 1. The number of halogens is 1. The third-order valence-corrected chi connectivity index (χ3v) is 3.81. The minimum Gasteiger partial charge on any atom is -0.308 e. The SMILES string of the molecule is Fc1ccccc1CN1C2=NCCN2c2ccccc21. The van der Waals surface area contributed by atoms with E-state index < -0.39 is 0 Å². The smallest absolute Gasteiger partial charge is 0.206 e. The van der Waals surface area contributed by atoms with Crippen LogP contribution in [0.4, 0.5) is 15.8 Å². The lowest BCUT2D eigenvalue weighted by molar-refractivity contribution is 0.610. The van der Waals surface area contributed by atoms with Crippen LogP contribution in [0.1, 0.15) is 5.56 Å². The summed E-state index contributed by atoms with van der Waals surface area (Å²) in [4.78, 5) is 8.87. The molecule has 0 radical (unpaired) electrons. The van der Waals surface area contributed by atoms with Crippen LogP contribution in [0.3, 0.4) is 0 Å². The van der Waals surface area contributed by atoms with Gasteiger partial charge in [-0.2, -0.15) is 0 Å². The average molecular weight is 267 g/mol. The molecule has 100 valence electrons. The predicted molar refractivity (Wildman–Crippen MR) is 78.7 cm³/mol. The summed E-state index contributed by atoms with van der Waals surface area (Å²) in [5.74, 6) is 0.775. The van der Waals surface area contributed by atoms with Crippen LogP contribution in [0, 0.1) is 5.82 Å². The van der Waals surface area contributed by atoms with Crippen LogP contribution >= 0.6 is 0 Å². The van der Waals surface area contributed by atoms with Crippen molar-refractivity contribution in [2.75, 3.05) is 22.9 Å². The van der Waals surface area contributed by atoms with E-state index in [-0.39, 0.29) is 5.82 Å². The molecule has 0 atom stereocenters. The minimum absolute atomic E-state index is 0.165. The topological polar surface area (TPSA) is 18.8 Å². The zero-order valence-electron chi connectivity index (χ0n) is 11.0. The van der Waals surface area contributed by atoms with E-state index in [1.807, 2.05) is 24.3 Å². The second-order valence-corrected chi connectivity index (χ2v) is 5.00. The van der Waals surface area contributed by atoms with Crippen molar-refractivity contribution in [3.8, 4) is 0 Å². The van der Waals surface area contributed by atoms with Crippen LogP contribution in [0.5, 0.6) is 0 Å².